The zero-order chi connectivity index (χ0) is 8.10. The van der Waals surface area contributed by atoms with Gasteiger partial charge in [0.15, 0.2) is 4.77 Å². The maximum atomic E-state index is 4.82. The Balaban J connectivity index is 2.64. The highest BCUT2D eigenvalue weighted by molar-refractivity contribution is 7.71. The molecule has 1 rings (SSSR count). The van der Waals surface area contributed by atoms with E-state index in [1.807, 2.05) is 6.92 Å². The van der Waals surface area contributed by atoms with E-state index in [9.17, 15) is 0 Å². The van der Waals surface area contributed by atoms with Gasteiger partial charge in [0.2, 0.25) is 0 Å². The van der Waals surface area contributed by atoms with Crippen LogP contribution in [0.1, 0.15) is 12.7 Å². The fraction of sp³-hybridized carbons (Fsp3) is 0.500. The summed E-state index contributed by atoms with van der Waals surface area (Å²) in [7, 11) is 0. The van der Waals surface area contributed by atoms with Crippen LogP contribution in [0.4, 0.5) is 0 Å². The second kappa shape index (κ2) is 4.15. The Morgan fingerprint density at radius 2 is 2.45 bits per heavy atom. The van der Waals surface area contributed by atoms with Crippen LogP contribution in [0.25, 0.3) is 0 Å². The van der Waals surface area contributed by atoms with Gasteiger partial charge in [0, 0.05) is 0 Å². The third-order valence-electron chi connectivity index (χ3n) is 1.18. The van der Waals surface area contributed by atoms with Gasteiger partial charge in [0.25, 0.3) is 0 Å². The van der Waals surface area contributed by atoms with Gasteiger partial charge in [0.1, 0.15) is 12.2 Å². The van der Waals surface area contributed by atoms with E-state index in [0.717, 1.165) is 12.4 Å². The van der Waals surface area contributed by atoms with E-state index in [2.05, 4.69) is 20.3 Å². The van der Waals surface area contributed by atoms with Crippen molar-refractivity contribution in [3.63, 3.8) is 0 Å². The minimum absolute atomic E-state index is 0.480. The number of nitrogens with one attached hydrogen (secondary N) is 2. The first kappa shape index (κ1) is 8.29. The molecule has 0 saturated carbocycles. The van der Waals surface area contributed by atoms with Crippen LogP contribution in [-0.2, 0) is 6.54 Å². The van der Waals surface area contributed by atoms with E-state index < -0.39 is 0 Å². The third kappa shape index (κ3) is 2.73. The molecule has 2 N–H and O–H groups in total. The minimum Gasteiger partial charge on any atom is -0.318 e. The number of aromatic nitrogens is 3. The summed E-state index contributed by atoms with van der Waals surface area (Å²) in [5.41, 5.74) is 0. The average Bonchev–Trinajstić information content (AvgIpc) is 2.01. The molecule has 0 aromatic carbocycles. The van der Waals surface area contributed by atoms with E-state index in [-0.39, 0.29) is 0 Å². The normalized spacial score (nSPS) is 9.91. The summed E-state index contributed by atoms with van der Waals surface area (Å²) in [6, 6.07) is 0. The first-order valence-electron chi connectivity index (χ1n) is 3.44. The van der Waals surface area contributed by atoms with Crippen molar-refractivity contribution in [3.05, 3.63) is 16.9 Å². The van der Waals surface area contributed by atoms with E-state index in [0.29, 0.717) is 11.3 Å². The summed E-state index contributed by atoms with van der Waals surface area (Å²) in [6.45, 7) is 3.67. The van der Waals surface area contributed by atoms with Crippen molar-refractivity contribution >= 4 is 12.2 Å². The maximum Gasteiger partial charge on any atom is 0.199 e. The molecule has 0 fully saturated rings. The fourth-order valence-corrected chi connectivity index (χ4v) is 0.837. The van der Waals surface area contributed by atoms with Crippen LogP contribution in [0.15, 0.2) is 6.33 Å². The van der Waals surface area contributed by atoms with Crippen molar-refractivity contribution in [1.82, 2.24) is 20.3 Å². The van der Waals surface area contributed by atoms with Crippen LogP contribution < -0.4 is 5.32 Å². The first-order valence-corrected chi connectivity index (χ1v) is 3.84. The van der Waals surface area contributed by atoms with Gasteiger partial charge in [-0.2, -0.15) is 0 Å². The van der Waals surface area contributed by atoms with Crippen molar-refractivity contribution in [2.24, 2.45) is 0 Å². The molecule has 1 heterocycles. The molecule has 0 saturated heterocycles. The molecule has 1 aromatic heterocycles. The summed E-state index contributed by atoms with van der Waals surface area (Å²) in [5.74, 6) is 0.826. The number of nitrogens with zero attached hydrogens (tertiary/aromatic N) is 2. The Morgan fingerprint density at radius 1 is 1.64 bits per heavy atom. The fourth-order valence-electron chi connectivity index (χ4n) is 0.672. The van der Waals surface area contributed by atoms with Crippen LogP contribution in [-0.4, -0.2) is 21.5 Å². The second-order valence-corrected chi connectivity index (χ2v) is 2.42. The van der Waals surface area contributed by atoms with Gasteiger partial charge in [-0.05, 0) is 18.8 Å². The molecule has 0 aliphatic rings. The Kier molecular flexibility index (Phi) is 3.13. The Labute approximate surface area is 70.1 Å². The van der Waals surface area contributed by atoms with E-state index >= 15 is 0 Å². The van der Waals surface area contributed by atoms with E-state index in [1.165, 1.54) is 6.33 Å². The van der Waals surface area contributed by atoms with Crippen molar-refractivity contribution in [1.29, 1.82) is 0 Å². The molecule has 1 aromatic rings. The van der Waals surface area contributed by atoms with Crippen molar-refractivity contribution < 1.29 is 0 Å². The van der Waals surface area contributed by atoms with Gasteiger partial charge >= 0.3 is 0 Å². The van der Waals surface area contributed by atoms with Gasteiger partial charge in [0.05, 0.1) is 6.54 Å². The highest BCUT2D eigenvalue weighted by atomic mass is 32.1. The molecule has 0 spiro atoms. The minimum atomic E-state index is 0.480. The first-order chi connectivity index (χ1) is 5.33. The average molecular weight is 170 g/mol. The van der Waals surface area contributed by atoms with Crippen molar-refractivity contribution in [2.45, 2.75) is 13.5 Å². The molecule has 11 heavy (non-hydrogen) atoms. The molecular formula is C6H10N4S. The molecule has 0 aliphatic heterocycles. The predicted octanol–water partition coefficient (Wildman–Crippen LogP) is 0.644. The Bertz CT molecular complexity index is 269. The molecule has 0 bridgehead atoms. The number of aromatic amines is 1. The summed E-state index contributed by atoms with van der Waals surface area (Å²) < 4.78 is 0.480. The summed E-state index contributed by atoms with van der Waals surface area (Å²) in [6.07, 6.45) is 1.46. The molecule has 4 nitrogen and oxygen atoms in total. The standard InChI is InChI=1S/C6H10N4S/c1-2-7-3-5-8-4-9-6(11)10-5/h4,7H,2-3H2,1H3,(H,8,9,10,11). The third-order valence-corrected chi connectivity index (χ3v) is 1.39. The molecule has 0 radical (unpaired) electrons. The zero-order valence-corrected chi connectivity index (χ0v) is 7.11. The lowest BCUT2D eigenvalue weighted by Gasteiger charge is -1.98. The summed E-state index contributed by atoms with van der Waals surface area (Å²) >= 11 is 4.82. The number of hydrogen-bond acceptors (Lipinski definition) is 4. The number of rotatable bonds is 3. The topological polar surface area (TPSA) is 53.6 Å². The smallest absolute Gasteiger partial charge is 0.199 e. The molecule has 5 heteroatoms. The van der Waals surface area contributed by atoms with Gasteiger partial charge in [-0.3, -0.25) is 0 Å². The van der Waals surface area contributed by atoms with Crippen LogP contribution >= 0.6 is 12.2 Å². The summed E-state index contributed by atoms with van der Waals surface area (Å²) in [5, 5.41) is 3.12. The highest BCUT2D eigenvalue weighted by Crippen LogP contribution is 1.84. The Hall–Kier alpha value is -0.810. The van der Waals surface area contributed by atoms with Crippen molar-refractivity contribution in [3.8, 4) is 0 Å². The SMILES string of the molecule is CCNCc1ncnc(=S)[nH]1. The number of hydrogen-bond donors (Lipinski definition) is 2. The van der Waals surface area contributed by atoms with Gasteiger partial charge in [-0.15, -0.1) is 0 Å². The number of H-pyrrole nitrogens is 1. The molecule has 60 valence electrons. The van der Waals surface area contributed by atoms with Crippen LogP contribution in [0, 0.1) is 4.77 Å². The lowest BCUT2D eigenvalue weighted by atomic mass is 10.5. The van der Waals surface area contributed by atoms with Crippen LogP contribution in [0.2, 0.25) is 0 Å². The molecule has 0 amide bonds. The monoisotopic (exact) mass is 170 g/mol. The van der Waals surface area contributed by atoms with Crippen molar-refractivity contribution in [2.75, 3.05) is 6.54 Å². The van der Waals surface area contributed by atoms with E-state index in [4.69, 9.17) is 12.2 Å². The molecule has 0 atom stereocenters. The van der Waals surface area contributed by atoms with Gasteiger partial charge in [-0.25, -0.2) is 9.97 Å². The van der Waals surface area contributed by atoms with Crippen LogP contribution in [0.3, 0.4) is 0 Å². The van der Waals surface area contributed by atoms with Gasteiger partial charge in [-0.1, -0.05) is 6.92 Å². The Morgan fingerprint density at radius 3 is 3.09 bits per heavy atom. The predicted molar refractivity (Wildman–Crippen MR) is 44.6 cm³/mol. The molecular weight excluding hydrogens is 160 g/mol. The zero-order valence-electron chi connectivity index (χ0n) is 6.29. The summed E-state index contributed by atoms with van der Waals surface area (Å²) in [4.78, 5) is 10.6. The van der Waals surface area contributed by atoms with Crippen LogP contribution in [0.5, 0.6) is 0 Å². The molecule has 0 aliphatic carbocycles. The van der Waals surface area contributed by atoms with Gasteiger partial charge < -0.3 is 10.3 Å². The molecule has 0 unspecified atom stereocenters. The second-order valence-electron chi connectivity index (χ2n) is 2.03. The maximum absolute atomic E-state index is 4.82. The largest absolute Gasteiger partial charge is 0.318 e. The quantitative estimate of drug-likeness (QED) is 0.654. The highest BCUT2D eigenvalue weighted by Gasteiger charge is 1.90. The lowest BCUT2D eigenvalue weighted by molar-refractivity contribution is 0.683. The lowest BCUT2D eigenvalue weighted by Crippen LogP contribution is -2.14. The van der Waals surface area contributed by atoms with E-state index in [1.54, 1.807) is 0 Å².